The lowest BCUT2D eigenvalue weighted by molar-refractivity contribution is -0.149. The molecule has 1 aromatic carbocycles. The molecule has 158 valence electrons. The summed E-state index contributed by atoms with van der Waals surface area (Å²) >= 11 is 0. The summed E-state index contributed by atoms with van der Waals surface area (Å²) in [7, 11) is 3.08. The third-order valence-electron chi connectivity index (χ3n) is 6.02. The molecule has 1 aromatic rings. The standard InChI is InChI=1S/C21H28N2O6/c1-13-9-16(27-3)17(28-4)10-15(13)12-29-18(24)11-23-19(25)21(22-20(23)26)8-6-5-7-14(21)2/h9-10,14H,5-8,11-12H2,1-4H3,(H,22,26)/t14-,21+/m1/s1. The Morgan fingerprint density at radius 2 is 1.90 bits per heavy atom. The second-order valence-corrected chi connectivity index (χ2v) is 7.73. The second kappa shape index (κ2) is 8.31. The first-order valence-electron chi connectivity index (χ1n) is 9.83. The number of urea groups is 1. The summed E-state index contributed by atoms with van der Waals surface area (Å²) < 4.78 is 15.9. The predicted octanol–water partition coefficient (Wildman–Crippen LogP) is 2.56. The number of esters is 1. The fourth-order valence-corrected chi connectivity index (χ4v) is 4.15. The van der Waals surface area contributed by atoms with Crippen molar-refractivity contribution < 1.29 is 28.6 Å². The molecule has 2 atom stereocenters. The molecule has 0 radical (unpaired) electrons. The van der Waals surface area contributed by atoms with Crippen molar-refractivity contribution in [2.75, 3.05) is 20.8 Å². The Kier molecular flexibility index (Phi) is 6.00. The van der Waals surface area contributed by atoms with Crippen LogP contribution >= 0.6 is 0 Å². The van der Waals surface area contributed by atoms with Gasteiger partial charge in [-0.2, -0.15) is 0 Å². The van der Waals surface area contributed by atoms with Crippen molar-refractivity contribution in [3.05, 3.63) is 23.3 Å². The second-order valence-electron chi connectivity index (χ2n) is 7.73. The average molecular weight is 404 g/mol. The highest BCUT2D eigenvalue weighted by Crippen LogP contribution is 2.38. The maximum Gasteiger partial charge on any atom is 0.326 e. The maximum absolute atomic E-state index is 12.9. The number of benzene rings is 1. The van der Waals surface area contributed by atoms with Crippen molar-refractivity contribution in [3.63, 3.8) is 0 Å². The minimum atomic E-state index is -0.879. The summed E-state index contributed by atoms with van der Waals surface area (Å²) in [4.78, 5) is 38.6. The summed E-state index contributed by atoms with van der Waals surface area (Å²) in [5.74, 6) is 0.207. The third kappa shape index (κ3) is 3.88. The van der Waals surface area contributed by atoms with Crippen molar-refractivity contribution in [2.24, 2.45) is 5.92 Å². The molecule has 3 rings (SSSR count). The van der Waals surface area contributed by atoms with Gasteiger partial charge >= 0.3 is 12.0 Å². The summed E-state index contributed by atoms with van der Waals surface area (Å²) in [6.07, 6.45) is 3.41. The molecule has 1 aliphatic carbocycles. The van der Waals surface area contributed by atoms with Crippen molar-refractivity contribution in [2.45, 2.75) is 51.7 Å². The highest BCUT2D eigenvalue weighted by molar-refractivity contribution is 6.08. The molecule has 1 heterocycles. The van der Waals surface area contributed by atoms with Crippen LogP contribution in [-0.4, -0.2) is 49.1 Å². The van der Waals surface area contributed by atoms with E-state index >= 15 is 0 Å². The van der Waals surface area contributed by atoms with Crippen molar-refractivity contribution in [1.82, 2.24) is 10.2 Å². The predicted molar refractivity (Wildman–Crippen MR) is 105 cm³/mol. The highest BCUT2D eigenvalue weighted by atomic mass is 16.5. The van der Waals surface area contributed by atoms with E-state index in [1.54, 1.807) is 19.2 Å². The quantitative estimate of drug-likeness (QED) is 0.578. The smallest absolute Gasteiger partial charge is 0.326 e. The largest absolute Gasteiger partial charge is 0.493 e. The van der Waals surface area contributed by atoms with Crippen LogP contribution in [0.4, 0.5) is 4.79 Å². The van der Waals surface area contributed by atoms with Gasteiger partial charge < -0.3 is 19.5 Å². The van der Waals surface area contributed by atoms with E-state index in [1.807, 2.05) is 13.8 Å². The van der Waals surface area contributed by atoms with Crippen LogP contribution < -0.4 is 14.8 Å². The molecule has 0 bridgehead atoms. The number of imide groups is 1. The molecule has 0 aromatic heterocycles. The van der Waals surface area contributed by atoms with E-state index < -0.39 is 24.1 Å². The fourth-order valence-electron chi connectivity index (χ4n) is 4.15. The van der Waals surface area contributed by atoms with E-state index in [2.05, 4.69) is 5.32 Å². The Balaban J connectivity index is 1.64. The van der Waals surface area contributed by atoms with E-state index in [4.69, 9.17) is 14.2 Å². The van der Waals surface area contributed by atoms with Gasteiger partial charge in [-0.05, 0) is 48.9 Å². The summed E-state index contributed by atoms with van der Waals surface area (Å²) in [5.41, 5.74) is 0.751. The normalized spacial score (nSPS) is 23.9. The van der Waals surface area contributed by atoms with Crippen LogP contribution in [0.15, 0.2) is 12.1 Å². The third-order valence-corrected chi connectivity index (χ3v) is 6.02. The zero-order valence-electron chi connectivity index (χ0n) is 17.4. The molecule has 2 aliphatic rings. The van der Waals surface area contributed by atoms with Gasteiger partial charge in [0, 0.05) is 0 Å². The molecule has 1 N–H and O–H groups in total. The van der Waals surface area contributed by atoms with Crippen LogP contribution in [-0.2, 0) is 20.9 Å². The molecule has 0 unspecified atom stereocenters. The number of ether oxygens (including phenoxy) is 3. The minimum Gasteiger partial charge on any atom is -0.493 e. The van der Waals surface area contributed by atoms with Crippen molar-refractivity contribution >= 4 is 17.9 Å². The molecule has 8 heteroatoms. The number of carbonyl (C=O) groups excluding carboxylic acids is 3. The van der Waals surface area contributed by atoms with Gasteiger partial charge in [-0.3, -0.25) is 14.5 Å². The van der Waals surface area contributed by atoms with Gasteiger partial charge in [-0.1, -0.05) is 19.8 Å². The first kappa shape index (κ1) is 21.0. The Morgan fingerprint density at radius 3 is 2.55 bits per heavy atom. The van der Waals surface area contributed by atoms with Crippen LogP contribution in [0.2, 0.25) is 0 Å². The van der Waals surface area contributed by atoms with Gasteiger partial charge in [0.15, 0.2) is 11.5 Å². The Bertz CT molecular complexity index is 824. The van der Waals surface area contributed by atoms with E-state index in [0.717, 1.165) is 35.3 Å². The summed E-state index contributed by atoms with van der Waals surface area (Å²) in [6.45, 7) is 3.46. The first-order chi connectivity index (χ1) is 13.8. The average Bonchev–Trinajstić information content (AvgIpc) is 2.94. The molecular formula is C21H28N2O6. The van der Waals surface area contributed by atoms with Gasteiger partial charge in [0.05, 0.1) is 14.2 Å². The van der Waals surface area contributed by atoms with Crippen LogP contribution in [0, 0.1) is 12.8 Å². The number of aryl methyl sites for hydroxylation is 1. The molecule has 2 fully saturated rings. The van der Waals surface area contributed by atoms with Gasteiger partial charge in [0.25, 0.3) is 5.91 Å². The van der Waals surface area contributed by atoms with Crippen LogP contribution in [0.25, 0.3) is 0 Å². The number of nitrogens with one attached hydrogen (secondary N) is 1. The number of hydrogen-bond donors (Lipinski definition) is 1. The Morgan fingerprint density at radius 1 is 1.21 bits per heavy atom. The summed E-state index contributed by atoms with van der Waals surface area (Å²) in [6, 6.07) is 3.02. The molecule has 8 nitrogen and oxygen atoms in total. The molecule has 1 aliphatic heterocycles. The van der Waals surface area contributed by atoms with Crippen LogP contribution in [0.3, 0.4) is 0 Å². The van der Waals surface area contributed by atoms with Crippen LogP contribution in [0.1, 0.15) is 43.7 Å². The Labute approximate surface area is 170 Å². The summed E-state index contributed by atoms with van der Waals surface area (Å²) in [5, 5.41) is 2.83. The number of rotatable bonds is 6. The van der Waals surface area contributed by atoms with Gasteiger partial charge in [-0.15, -0.1) is 0 Å². The van der Waals surface area contributed by atoms with Gasteiger partial charge in [-0.25, -0.2) is 4.79 Å². The van der Waals surface area contributed by atoms with Gasteiger partial charge in [0.2, 0.25) is 0 Å². The maximum atomic E-state index is 12.9. The topological polar surface area (TPSA) is 94.2 Å². The number of nitrogens with zero attached hydrogens (tertiary/aromatic N) is 1. The zero-order valence-corrected chi connectivity index (χ0v) is 17.4. The molecule has 3 amide bonds. The first-order valence-corrected chi connectivity index (χ1v) is 9.83. The number of methoxy groups -OCH3 is 2. The lowest BCUT2D eigenvalue weighted by Crippen LogP contribution is -2.54. The minimum absolute atomic E-state index is 0.0101. The Hall–Kier alpha value is -2.77. The number of hydrogen-bond acceptors (Lipinski definition) is 6. The lowest BCUT2D eigenvalue weighted by atomic mass is 9.73. The number of carbonyl (C=O) groups is 3. The monoisotopic (exact) mass is 404 g/mol. The van der Waals surface area contributed by atoms with E-state index in [9.17, 15) is 14.4 Å². The van der Waals surface area contributed by atoms with Crippen molar-refractivity contribution in [3.8, 4) is 11.5 Å². The SMILES string of the molecule is COc1cc(C)c(COC(=O)CN2C(=O)N[C@]3(CCCC[C@H]3C)C2=O)cc1OC. The van der Waals surface area contributed by atoms with Crippen LogP contribution in [0.5, 0.6) is 11.5 Å². The molecule has 1 spiro atoms. The molecule has 29 heavy (non-hydrogen) atoms. The zero-order chi connectivity index (χ0) is 21.2. The highest BCUT2D eigenvalue weighted by Gasteiger charge is 2.55. The molecule has 1 saturated heterocycles. The van der Waals surface area contributed by atoms with Gasteiger partial charge in [0.1, 0.15) is 18.7 Å². The lowest BCUT2D eigenvalue weighted by Gasteiger charge is -2.36. The van der Waals surface area contributed by atoms with Crippen molar-refractivity contribution in [1.29, 1.82) is 0 Å². The van der Waals surface area contributed by atoms with E-state index in [0.29, 0.717) is 17.9 Å². The van der Waals surface area contributed by atoms with E-state index in [1.165, 1.54) is 7.11 Å². The fraction of sp³-hybridized carbons (Fsp3) is 0.571. The number of amides is 3. The molecule has 1 saturated carbocycles. The molecular weight excluding hydrogens is 376 g/mol. The van der Waals surface area contributed by atoms with E-state index in [-0.39, 0.29) is 18.4 Å².